The number of aliphatic imine (C=N–C) groups is 1. The summed E-state index contributed by atoms with van der Waals surface area (Å²) in [4.78, 5) is 53.3. The quantitative estimate of drug-likeness (QED) is 0.0471. The van der Waals surface area contributed by atoms with E-state index in [0.717, 1.165) is 0 Å². The highest BCUT2D eigenvalue weighted by Crippen LogP contribution is 2.11. The molecule has 5 unspecified atom stereocenters. The molecule has 0 saturated carbocycles. The van der Waals surface area contributed by atoms with Crippen molar-refractivity contribution >= 4 is 42.3 Å². The predicted molar refractivity (Wildman–Crippen MR) is 139 cm³/mol. The minimum absolute atomic E-state index is 0.0604. The van der Waals surface area contributed by atoms with E-state index in [1.165, 1.54) is 19.1 Å². The van der Waals surface area contributed by atoms with E-state index in [9.17, 15) is 29.4 Å². The molecular formula is C22H35N7O7S. The first kappa shape index (κ1) is 31.5. The Morgan fingerprint density at radius 3 is 2.08 bits per heavy atom. The molecular weight excluding hydrogens is 506 g/mol. The number of guanidine groups is 1. The number of amides is 3. The number of nitrogens with zero attached hydrogens (tertiary/aromatic N) is 1. The second kappa shape index (κ2) is 15.5. The molecule has 0 aliphatic rings. The van der Waals surface area contributed by atoms with Crippen LogP contribution in [0.2, 0.25) is 0 Å². The van der Waals surface area contributed by atoms with Crippen LogP contribution in [0.25, 0.3) is 0 Å². The van der Waals surface area contributed by atoms with Gasteiger partial charge in [0.1, 0.15) is 17.8 Å². The van der Waals surface area contributed by atoms with Gasteiger partial charge in [-0.2, -0.15) is 12.6 Å². The zero-order chi connectivity index (χ0) is 28.1. The van der Waals surface area contributed by atoms with E-state index in [1.807, 2.05) is 0 Å². The van der Waals surface area contributed by atoms with Crippen molar-refractivity contribution in [2.75, 3.05) is 12.3 Å². The lowest BCUT2D eigenvalue weighted by atomic mass is 10.0. The molecule has 0 aromatic heterocycles. The molecule has 206 valence electrons. The Bertz CT molecular complexity index is 955. The normalized spacial score (nSPS) is 14.8. The SMILES string of the molecule is CC(O)C(NC(=O)C(CS)NC(=O)C(CCCN=C(N)N)NC(=O)C(N)Cc1ccc(O)cc1)C(=O)O. The van der Waals surface area contributed by atoms with Crippen LogP contribution in [0.3, 0.4) is 0 Å². The molecule has 37 heavy (non-hydrogen) atoms. The highest BCUT2D eigenvalue weighted by molar-refractivity contribution is 7.80. The van der Waals surface area contributed by atoms with Crippen LogP contribution in [0.5, 0.6) is 5.75 Å². The molecule has 0 radical (unpaired) electrons. The molecule has 0 spiro atoms. The Kier molecular flexibility index (Phi) is 13.2. The Morgan fingerprint density at radius 2 is 1.57 bits per heavy atom. The van der Waals surface area contributed by atoms with Gasteiger partial charge in [-0.05, 0) is 43.9 Å². The summed E-state index contributed by atoms with van der Waals surface area (Å²) in [5.74, 6) is -4.00. The fraction of sp³-hybridized carbons (Fsp3) is 0.500. The number of nitrogens with two attached hydrogens (primary N) is 3. The summed E-state index contributed by atoms with van der Waals surface area (Å²) in [6, 6.07) is 1.10. The molecule has 0 heterocycles. The second-order valence-corrected chi connectivity index (χ2v) is 8.66. The maximum absolute atomic E-state index is 13.0. The molecule has 12 N–H and O–H groups in total. The lowest BCUT2D eigenvalue weighted by molar-refractivity contribution is -0.145. The van der Waals surface area contributed by atoms with E-state index in [-0.39, 0.29) is 36.8 Å². The molecule has 5 atom stereocenters. The molecule has 14 nitrogen and oxygen atoms in total. The number of aromatic hydroxyl groups is 1. The van der Waals surface area contributed by atoms with E-state index in [0.29, 0.717) is 12.0 Å². The summed E-state index contributed by atoms with van der Waals surface area (Å²) in [6.45, 7) is 1.36. The largest absolute Gasteiger partial charge is 0.508 e. The maximum Gasteiger partial charge on any atom is 0.328 e. The summed E-state index contributed by atoms with van der Waals surface area (Å²) in [5, 5.41) is 35.3. The van der Waals surface area contributed by atoms with Crippen molar-refractivity contribution in [3.63, 3.8) is 0 Å². The molecule has 1 rings (SSSR count). The van der Waals surface area contributed by atoms with Gasteiger partial charge in [0, 0.05) is 12.3 Å². The minimum Gasteiger partial charge on any atom is -0.508 e. The van der Waals surface area contributed by atoms with Crippen molar-refractivity contribution in [2.24, 2.45) is 22.2 Å². The van der Waals surface area contributed by atoms with Crippen molar-refractivity contribution in [3.8, 4) is 5.75 Å². The fourth-order valence-corrected chi connectivity index (χ4v) is 3.40. The Hall–Kier alpha value is -3.56. The van der Waals surface area contributed by atoms with Gasteiger partial charge in [-0.15, -0.1) is 0 Å². The molecule has 0 bridgehead atoms. The van der Waals surface area contributed by atoms with Gasteiger partial charge in [0.25, 0.3) is 0 Å². The van der Waals surface area contributed by atoms with E-state index >= 15 is 0 Å². The number of aliphatic carboxylic acids is 1. The Labute approximate surface area is 219 Å². The number of phenols is 1. The van der Waals surface area contributed by atoms with Gasteiger partial charge in [0.15, 0.2) is 12.0 Å². The van der Waals surface area contributed by atoms with Crippen LogP contribution in [0.4, 0.5) is 0 Å². The predicted octanol–water partition coefficient (Wildman–Crippen LogP) is -2.83. The Balaban J connectivity index is 2.93. The average Bonchev–Trinajstić information content (AvgIpc) is 2.83. The number of phenolic OH excluding ortho intramolecular Hbond substituents is 1. The Morgan fingerprint density at radius 1 is 1.00 bits per heavy atom. The van der Waals surface area contributed by atoms with Crippen LogP contribution in [0.15, 0.2) is 29.3 Å². The number of nitrogens with one attached hydrogen (secondary N) is 3. The number of rotatable bonds is 15. The molecule has 1 aromatic rings. The van der Waals surface area contributed by atoms with Crippen molar-refractivity contribution in [1.29, 1.82) is 0 Å². The fourth-order valence-electron chi connectivity index (χ4n) is 3.14. The number of carboxylic acid groups (broad SMARTS) is 1. The van der Waals surface area contributed by atoms with Gasteiger partial charge in [-0.1, -0.05) is 12.1 Å². The van der Waals surface area contributed by atoms with Crippen molar-refractivity contribution in [2.45, 2.75) is 56.5 Å². The van der Waals surface area contributed by atoms with Crippen LogP contribution >= 0.6 is 12.6 Å². The van der Waals surface area contributed by atoms with Crippen LogP contribution in [-0.2, 0) is 25.6 Å². The molecule has 0 aliphatic heterocycles. The van der Waals surface area contributed by atoms with E-state index in [1.54, 1.807) is 12.1 Å². The van der Waals surface area contributed by atoms with E-state index in [2.05, 4.69) is 33.6 Å². The third-order valence-corrected chi connectivity index (χ3v) is 5.53. The number of benzene rings is 1. The van der Waals surface area contributed by atoms with Gasteiger partial charge >= 0.3 is 5.97 Å². The third-order valence-electron chi connectivity index (χ3n) is 5.17. The molecule has 15 heteroatoms. The number of carbonyl (C=O) groups is 4. The van der Waals surface area contributed by atoms with Gasteiger partial charge < -0.3 is 48.5 Å². The topological polar surface area (TPSA) is 255 Å². The molecule has 1 aromatic carbocycles. The number of aliphatic hydroxyl groups is 1. The first-order chi connectivity index (χ1) is 17.3. The van der Waals surface area contributed by atoms with E-state index < -0.39 is 54.0 Å². The van der Waals surface area contributed by atoms with Gasteiger partial charge in [0.05, 0.1) is 12.1 Å². The van der Waals surface area contributed by atoms with Crippen LogP contribution in [-0.4, -0.2) is 87.5 Å². The molecule has 0 saturated heterocycles. The van der Waals surface area contributed by atoms with Crippen molar-refractivity contribution in [1.82, 2.24) is 16.0 Å². The lowest BCUT2D eigenvalue weighted by Gasteiger charge is -2.25. The summed E-state index contributed by atoms with van der Waals surface area (Å²) in [5.41, 5.74) is 17.3. The summed E-state index contributed by atoms with van der Waals surface area (Å²) in [7, 11) is 0. The first-order valence-electron chi connectivity index (χ1n) is 11.4. The number of thiol groups is 1. The smallest absolute Gasteiger partial charge is 0.328 e. The summed E-state index contributed by atoms with van der Waals surface area (Å²) < 4.78 is 0. The maximum atomic E-state index is 13.0. The minimum atomic E-state index is -1.60. The van der Waals surface area contributed by atoms with Crippen molar-refractivity contribution < 1.29 is 34.5 Å². The van der Waals surface area contributed by atoms with Crippen LogP contribution < -0.4 is 33.2 Å². The molecule has 0 aliphatic carbocycles. The number of aliphatic hydroxyl groups excluding tert-OH is 1. The highest BCUT2D eigenvalue weighted by Gasteiger charge is 2.31. The second-order valence-electron chi connectivity index (χ2n) is 8.30. The highest BCUT2D eigenvalue weighted by atomic mass is 32.1. The van der Waals surface area contributed by atoms with Crippen molar-refractivity contribution in [3.05, 3.63) is 29.8 Å². The summed E-state index contributed by atoms with van der Waals surface area (Å²) in [6.07, 6.45) is -0.876. The standard InChI is InChI=1S/C22H35N7O7S/c1-11(30)17(21(35)36)29-20(34)16(10-37)28-19(33)15(3-2-8-26-22(24)25)27-18(32)14(23)9-12-4-6-13(31)7-5-12/h4-7,11,14-17,30-31,37H,2-3,8-10,23H2,1H3,(H,27,32)(H,28,33)(H,29,34)(H,35,36)(H4,24,25,26). The van der Waals surface area contributed by atoms with Gasteiger partial charge in [-0.3, -0.25) is 19.4 Å². The molecule has 3 amide bonds. The van der Waals surface area contributed by atoms with Gasteiger partial charge in [-0.25, -0.2) is 4.79 Å². The zero-order valence-corrected chi connectivity index (χ0v) is 21.2. The average molecular weight is 542 g/mol. The summed E-state index contributed by atoms with van der Waals surface area (Å²) >= 11 is 4.04. The first-order valence-corrected chi connectivity index (χ1v) is 12.0. The van der Waals surface area contributed by atoms with Crippen LogP contribution in [0.1, 0.15) is 25.3 Å². The zero-order valence-electron chi connectivity index (χ0n) is 20.3. The lowest BCUT2D eigenvalue weighted by Crippen LogP contribution is -2.59. The molecule has 0 fully saturated rings. The number of hydrogen-bond acceptors (Lipinski definition) is 9. The third kappa shape index (κ3) is 11.4. The van der Waals surface area contributed by atoms with E-state index in [4.69, 9.17) is 22.3 Å². The number of hydrogen-bond donors (Lipinski definition) is 10. The van der Waals surface area contributed by atoms with Gasteiger partial charge in [0.2, 0.25) is 17.7 Å². The van der Waals surface area contributed by atoms with Crippen LogP contribution in [0, 0.1) is 0 Å². The monoisotopic (exact) mass is 541 g/mol. The number of carbonyl (C=O) groups excluding carboxylic acids is 3. The number of carboxylic acids is 1.